The quantitative estimate of drug-likeness (QED) is 0.671. The van der Waals surface area contributed by atoms with Gasteiger partial charge in [-0.05, 0) is 45.6 Å². The van der Waals surface area contributed by atoms with E-state index in [0.29, 0.717) is 12.0 Å². The van der Waals surface area contributed by atoms with Crippen molar-refractivity contribution in [3.05, 3.63) is 0 Å². The van der Waals surface area contributed by atoms with Crippen LogP contribution in [0.15, 0.2) is 0 Å². The minimum atomic E-state index is 0.00895. The Morgan fingerprint density at radius 3 is 2.13 bits per heavy atom. The topological polar surface area (TPSA) is 21.3 Å². The molecule has 2 nitrogen and oxygen atoms in total. The molecule has 0 rings (SSSR count). The summed E-state index contributed by atoms with van der Waals surface area (Å²) >= 11 is 0. The average Bonchev–Trinajstić information content (AvgIpc) is 2.19. The molecule has 0 aliphatic rings. The van der Waals surface area contributed by atoms with E-state index in [1.165, 1.54) is 12.8 Å². The van der Waals surface area contributed by atoms with Crippen molar-refractivity contribution in [2.45, 2.75) is 65.5 Å². The first kappa shape index (κ1) is 14.9. The molecule has 0 bridgehead atoms. The van der Waals surface area contributed by atoms with Crippen LogP contribution in [0.3, 0.4) is 0 Å². The van der Waals surface area contributed by atoms with Crippen LogP contribution >= 0.6 is 0 Å². The largest absolute Gasteiger partial charge is 0.379 e. The summed E-state index contributed by atoms with van der Waals surface area (Å²) in [4.78, 5) is 0. The SMILES string of the molecule is CCC(CC)NCC(C)CC(C)(C)OC. The summed E-state index contributed by atoms with van der Waals surface area (Å²) in [5.74, 6) is 0.667. The van der Waals surface area contributed by atoms with E-state index in [1.54, 1.807) is 7.11 Å². The van der Waals surface area contributed by atoms with Crippen LogP contribution in [0.25, 0.3) is 0 Å². The number of rotatable bonds is 8. The van der Waals surface area contributed by atoms with Gasteiger partial charge in [-0.2, -0.15) is 0 Å². The van der Waals surface area contributed by atoms with Gasteiger partial charge in [0.25, 0.3) is 0 Å². The van der Waals surface area contributed by atoms with Crippen molar-refractivity contribution in [3.8, 4) is 0 Å². The molecular weight excluding hydrogens is 186 g/mol. The van der Waals surface area contributed by atoms with Gasteiger partial charge >= 0.3 is 0 Å². The van der Waals surface area contributed by atoms with Gasteiger partial charge in [-0.25, -0.2) is 0 Å². The van der Waals surface area contributed by atoms with Crippen molar-refractivity contribution in [1.82, 2.24) is 5.32 Å². The minimum Gasteiger partial charge on any atom is -0.379 e. The number of ether oxygens (including phenoxy) is 1. The minimum absolute atomic E-state index is 0.00895. The van der Waals surface area contributed by atoms with Crippen LogP contribution in [-0.2, 0) is 4.74 Å². The maximum absolute atomic E-state index is 5.44. The van der Waals surface area contributed by atoms with E-state index in [-0.39, 0.29) is 5.60 Å². The summed E-state index contributed by atoms with van der Waals surface area (Å²) in [5, 5.41) is 3.61. The monoisotopic (exact) mass is 215 g/mol. The van der Waals surface area contributed by atoms with E-state index in [1.807, 2.05) is 0 Å². The lowest BCUT2D eigenvalue weighted by molar-refractivity contribution is 0.00369. The number of methoxy groups -OCH3 is 1. The molecule has 1 atom stereocenters. The van der Waals surface area contributed by atoms with E-state index < -0.39 is 0 Å². The first-order valence-electron chi connectivity index (χ1n) is 6.23. The zero-order valence-corrected chi connectivity index (χ0v) is 11.4. The highest BCUT2D eigenvalue weighted by Gasteiger charge is 2.20. The third kappa shape index (κ3) is 6.91. The lowest BCUT2D eigenvalue weighted by atomic mass is 9.94. The van der Waals surface area contributed by atoms with Crippen molar-refractivity contribution < 1.29 is 4.74 Å². The normalized spacial score (nSPS) is 14.6. The third-order valence-electron chi connectivity index (χ3n) is 3.13. The molecular formula is C13H29NO. The third-order valence-corrected chi connectivity index (χ3v) is 3.13. The van der Waals surface area contributed by atoms with Gasteiger partial charge in [-0.15, -0.1) is 0 Å². The molecule has 15 heavy (non-hydrogen) atoms. The fraction of sp³-hybridized carbons (Fsp3) is 1.00. The second-order valence-corrected chi connectivity index (χ2v) is 5.19. The van der Waals surface area contributed by atoms with Crippen LogP contribution in [-0.4, -0.2) is 25.3 Å². The van der Waals surface area contributed by atoms with Crippen molar-refractivity contribution in [2.75, 3.05) is 13.7 Å². The van der Waals surface area contributed by atoms with Gasteiger partial charge < -0.3 is 10.1 Å². The number of hydrogen-bond donors (Lipinski definition) is 1. The molecule has 0 heterocycles. The number of hydrogen-bond acceptors (Lipinski definition) is 2. The summed E-state index contributed by atoms with van der Waals surface area (Å²) in [6.45, 7) is 12.2. The second kappa shape index (κ2) is 7.24. The van der Waals surface area contributed by atoms with Crippen LogP contribution in [0.2, 0.25) is 0 Å². The summed E-state index contributed by atoms with van der Waals surface area (Å²) in [6.07, 6.45) is 3.55. The Bertz CT molecular complexity index is 153. The molecule has 0 aliphatic heterocycles. The van der Waals surface area contributed by atoms with Crippen molar-refractivity contribution in [3.63, 3.8) is 0 Å². The van der Waals surface area contributed by atoms with E-state index in [4.69, 9.17) is 4.74 Å². The van der Waals surface area contributed by atoms with E-state index in [0.717, 1.165) is 13.0 Å². The Labute approximate surface area is 95.8 Å². The first-order valence-corrected chi connectivity index (χ1v) is 6.23. The molecule has 0 spiro atoms. The Morgan fingerprint density at radius 1 is 1.20 bits per heavy atom. The zero-order chi connectivity index (χ0) is 11.9. The Kier molecular flexibility index (Phi) is 7.20. The lowest BCUT2D eigenvalue weighted by Crippen LogP contribution is -2.35. The van der Waals surface area contributed by atoms with E-state index >= 15 is 0 Å². The molecule has 92 valence electrons. The maximum atomic E-state index is 5.44. The molecule has 0 aromatic heterocycles. The van der Waals surface area contributed by atoms with Crippen LogP contribution in [0.5, 0.6) is 0 Å². The summed E-state index contributed by atoms with van der Waals surface area (Å²) < 4.78 is 5.44. The molecule has 1 N–H and O–H groups in total. The summed E-state index contributed by atoms with van der Waals surface area (Å²) in [5.41, 5.74) is 0.00895. The molecule has 0 aromatic rings. The predicted octanol–water partition coefficient (Wildman–Crippen LogP) is 3.22. The molecule has 0 fully saturated rings. The fourth-order valence-corrected chi connectivity index (χ4v) is 1.94. The Hall–Kier alpha value is -0.0800. The fourth-order valence-electron chi connectivity index (χ4n) is 1.94. The van der Waals surface area contributed by atoms with E-state index in [9.17, 15) is 0 Å². The molecule has 2 heteroatoms. The average molecular weight is 215 g/mol. The molecule has 0 amide bonds. The van der Waals surface area contributed by atoms with Crippen molar-refractivity contribution in [2.24, 2.45) is 5.92 Å². The zero-order valence-electron chi connectivity index (χ0n) is 11.4. The van der Waals surface area contributed by atoms with E-state index in [2.05, 4.69) is 39.9 Å². The van der Waals surface area contributed by atoms with Gasteiger partial charge in [-0.3, -0.25) is 0 Å². The van der Waals surface area contributed by atoms with Gasteiger partial charge in [-0.1, -0.05) is 20.8 Å². The van der Waals surface area contributed by atoms with Crippen LogP contribution < -0.4 is 5.32 Å². The van der Waals surface area contributed by atoms with Crippen molar-refractivity contribution in [1.29, 1.82) is 0 Å². The van der Waals surface area contributed by atoms with Crippen LogP contribution in [0.1, 0.15) is 53.9 Å². The Morgan fingerprint density at radius 2 is 1.73 bits per heavy atom. The molecule has 0 saturated heterocycles. The van der Waals surface area contributed by atoms with Gasteiger partial charge in [0.1, 0.15) is 0 Å². The first-order chi connectivity index (χ1) is 6.95. The maximum Gasteiger partial charge on any atom is 0.0625 e. The second-order valence-electron chi connectivity index (χ2n) is 5.19. The lowest BCUT2D eigenvalue weighted by Gasteiger charge is -2.27. The van der Waals surface area contributed by atoms with Gasteiger partial charge in [0, 0.05) is 13.2 Å². The highest BCUT2D eigenvalue weighted by Crippen LogP contribution is 2.19. The van der Waals surface area contributed by atoms with Gasteiger partial charge in [0.2, 0.25) is 0 Å². The van der Waals surface area contributed by atoms with Gasteiger partial charge in [0.05, 0.1) is 5.60 Å². The summed E-state index contributed by atoms with van der Waals surface area (Å²) in [6, 6.07) is 0.679. The Balaban J connectivity index is 3.78. The molecule has 0 radical (unpaired) electrons. The molecule has 0 aliphatic carbocycles. The highest BCUT2D eigenvalue weighted by atomic mass is 16.5. The molecule has 0 aromatic carbocycles. The number of nitrogens with one attached hydrogen (secondary N) is 1. The smallest absolute Gasteiger partial charge is 0.0625 e. The van der Waals surface area contributed by atoms with Crippen LogP contribution in [0, 0.1) is 5.92 Å². The van der Waals surface area contributed by atoms with Gasteiger partial charge in [0.15, 0.2) is 0 Å². The highest BCUT2D eigenvalue weighted by molar-refractivity contribution is 4.74. The predicted molar refractivity (Wildman–Crippen MR) is 67.2 cm³/mol. The molecule has 1 unspecified atom stereocenters. The van der Waals surface area contributed by atoms with Crippen molar-refractivity contribution >= 4 is 0 Å². The molecule has 0 saturated carbocycles. The standard InChI is InChI=1S/C13H29NO/c1-7-12(8-2)14-10-11(3)9-13(4,5)15-6/h11-12,14H,7-10H2,1-6H3. The van der Waals surface area contributed by atoms with Crippen LogP contribution in [0.4, 0.5) is 0 Å². The summed E-state index contributed by atoms with van der Waals surface area (Å²) in [7, 11) is 1.79.